The van der Waals surface area contributed by atoms with E-state index < -0.39 is 11.4 Å². The van der Waals surface area contributed by atoms with Gasteiger partial charge in [-0.05, 0) is 57.5 Å². The van der Waals surface area contributed by atoms with Gasteiger partial charge in [-0.1, -0.05) is 35.3 Å². The van der Waals surface area contributed by atoms with Gasteiger partial charge in [0.1, 0.15) is 9.90 Å². The van der Waals surface area contributed by atoms with Gasteiger partial charge in [0.15, 0.2) is 0 Å². The molecule has 0 bridgehead atoms. The van der Waals surface area contributed by atoms with Gasteiger partial charge in [-0.25, -0.2) is 4.98 Å². The van der Waals surface area contributed by atoms with Crippen LogP contribution >= 0.6 is 23.2 Å². The highest BCUT2D eigenvalue weighted by atomic mass is 35.5. The molecule has 0 saturated heterocycles. The third-order valence-electron chi connectivity index (χ3n) is 3.28. The standard InChI is InChI=1S/C17H20Cl2N2OS/c1-11(21-23(22)17(2,3)4)13-9-15(20-16(19)10-13)12-6-5-7-14(18)8-12/h5-11,21H,1-4H3. The number of aromatic nitrogens is 1. The first-order valence-corrected chi connectivity index (χ1v) is 9.19. The molecule has 0 aliphatic heterocycles. The van der Waals surface area contributed by atoms with Gasteiger partial charge in [0, 0.05) is 21.9 Å². The molecule has 2 rings (SSSR count). The topological polar surface area (TPSA) is 48.0 Å². The summed E-state index contributed by atoms with van der Waals surface area (Å²) >= 11 is 11.0. The zero-order valence-corrected chi connectivity index (χ0v) is 15.9. The van der Waals surface area contributed by atoms with Crippen LogP contribution in [0, 0.1) is 0 Å². The van der Waals surface area contributed by atoms with E-state index >= 15 is 0 Å². The van der Waals surface area contributed by atoms with E-state index in [-0.39, 0.29) is 10.8 Å². The molecular formula is C17H20Cl2N2OS. The van der Waals surface area contributed by atoms with Gasteiger partial charge >= 0.3 is 0 Å². The monoisotopic (exact) mass is 370 g/mol. The van der Waals surface area contributed by atoms with Crippen molar-refractivity contribution in [3.05, 3.63) is 52.1 Å². The van der Waals surface area contributed by atoms with E-state index in [0.717, 1.165) is 16.8 Å². The quantitative estimate of drug-likeness (QED) is 0.596. The van der Waals surface area contributed by atoms with Gasteiger partial charge < -0.3 is 4.55 Å². The lowest BCUT2D eigenvalue weighted by Gasteiger charge is -2.26. The Morgan fingerprint density at radius 3 is 2.48 bits per heavy atom. The largest absolute Gasteiger partial charge is 0.598 e. The Bertz CT molecular complexity index is 689. The number of nitrogens with one attached hydrogen (secondary N) is 1. The highest BCUT2D eigenvalue weighted by molar-refractivity contribution is 7.90. The van der Waals surface area contributed by atoms with Crippen LogP contribution in [-0.2, 0) is 11.4 Å². The third kappa shape index (κ3) is 5.10. The highest BCUT2D eigenvalue weighted by Crippen LogP contribution is 2.27. The number of rotatable bonds is 4. The molecule has 2 aromatic rings. The second-order valence-corrected chi connectivity index (χ2v) is 9.16. The molecule has 1 aromatic heterocycles. The van der Waals surface area contributed by atoms with Crippen molar-refractivity contribution in [2.75, 3.05) is 0 Å². The van der Waals surface area contributed by atoms with Crippen molar-refractivity contribution in [2.45, 2.75) is 38.5 Å². The molecule has 0 fully saturated rings. The number of pyridine rings is 1. The van der Waals surface area contributed by atoms with Crippen molar-refractivity contribution < 1.29 is 4.55 Å². The average Bonchev–Trinajstić information content (AvgIpc) is 2.45. The Kier molecular flexibility index (Phi) is 5.98. The molecule has 1 aromatic carbocycles. The van der Waals surface area contributed by atoms with Crippen molar-refractivity contribution >= 4 is 34.6 Å². The fourth-order valence-corrected chi connectivity index (χ4v) is 3.19. The van der Waals surface area contributed by atoms with Crippen molar-refractivity contribution in [1.29, 1.82) is 0 Å². The lowest BCUT2D eigenvalue weighted by Crippen LogP contribution is -2.40. The molecule has 2 unspecified atom stereocenters. The second-order valence-electron chi connectivity index (χ2n) is 6.34. The molecule has 0 radical (unpaired) electrons. The van der Waals surface area contributed by atoms with Crippen LogP contribution in [-0.4, -0.2) is 14.3 Å². The molecule has 0 saturated carbocycles. The van der Waals surface area contributed by atoms with Gasteiger partial charge in [0.2, 0.25) is 0 Å². The third-order valence-corrected chi connectivity index (χ3v) is 5.39. The summed E-state index contributed by atoms with van der Waals surface area (Å²) in [5.74, 6) is 0. The summed E-state index contributed by atoms with van der Waals surface area (Å²) in [7, 11) is 0. The molecule has 2 atom stereocenters. The van der Waals surface area contributed by atoms with Gasteiger partial charge in [-0.15, -0.1) is 4.72 Å². The molecule has 124 valence electrons. The Morgan fingerprint density at radius 2 is 1.87 bits per heavy atom. The Morgan fingerprint density at radius 1 is 1.17 bits per heavy atom. The SMILES string of the molecule is CC(N[S+]([O-])C(C)(C)C)c1cc(Cl)nc(-c2cccc(Cl)c2)c1. The maximum Gasteiger partial charge on any atom is 0.136 e. The van der Waals surface area contributed by atoms with E-state index in [2.05, 4.69) is 9.71 Å². The summed E-state index contributed by atoms with van der Waals surface area (Å²) in [6, 6.07) is 11.1. The molecule has 3 nitrogen and oxygen atoms in total. The molecule has 1 N–H and O–H groups in total. The van der Waals surface area contributed by atoms with E-state index in [1.165, 1.54) is 0 Å². The lowest BCUT2D eigenvalue weighted by molar-refractivity contribution is 0.531. The summed E-state index contributed by atoms with van der Waals surface area (Å²) in [6.45, 7) is 7.75. The van der Waals surface area contributed by atoms with Crippen molar-refractivity contribution in [2.24, 2.45) is 0 Å². The van der Waals surface area contributed by atoms with Crippen LogP contribution in [0.5, 0.6) is 0 Å². The minimum Gasteiger partial charge on any atom is -0.598 e. The van der Waals surface area contributed by atoms with Crippen LogP contribution < -0.4 is 4.72 Å². The number of hydrogen-bond acceptors (Lipinski definition) is 3. The normalized spacial score (nSPS) is 14.6. The van der Waals surface area contributed by atoms with Crippen LogP contribution in [0.25, 0.3) is 11.3 Å². The van der Waals surface area contributed by atoms with Crippen molar-refractivity contribution in [3.63, 3.8) is 0 Å². The van der Waals surface area contributed by atoms with Crippen LogP contribution in [0.15, 0.2) is 36.4 Å². The molecule has 6 heteroatoms. The Balaban J connectivity index is 2.30. The maximum absolute atomic E-state index is 12.3. The molecule has 0 aliphatic rings. The minimum atomic E-state index is -1.16. The number of halogens is 2. The van der Waals surface area contributed by atoms with Crippen LogP contribution in [0.2, 0.25) is 10.2 Å². The summed E-state index contributed by atoms with van der Waals surface area (Å²) in [4.78, 5) is 4.36. The molecular weight excluding hydrogens is 351 g/mol. The molecule has 0 amide bonds. The predicted octanol–water partition coefficient (Wildman–Crippen LogP) is 5.17. The fourth-order valence-electron chi connectivity index (χ4n) is 1.97. The molecule has 1 heterocycles. The van der Waals surface area contributed by atoms with E-state index in [4.69, 9.17) is 23.2 Å². The molecule has 0 aliphatic carbocycles. The number of hydrogen-bond donors (Lipinski definition) is 1. The van der Waals surface area contributed by atoms with E-state index in [0.29, 0.717) is 10.2 Å². The van der Waals surface area contributed by atoms with E-state index in [1.807, 2.05) is 58.0 Å². The van der Waals surface area contributed by atoms with Gasteiger partial charge in [-0.3, -0.25) is 0 Å². The second kappa shape index (κ2) is 7.41. The maximum atomic E-state index is 12.3. The first kappa shape index (κ1) is 18.6. The first-order chi connectivity index (χ1) is 10.7. The zero-order chi connectivity index (χ0) is 17.2. The summed E-state index contributed by atoms with van der Waals surface area (Å²) < 4.78 is 15.0. The van der Waals surface area contributed by atoms with Crippen molar-refractivity contribution in [3.8, 4) is 11.3 Å². The minimum absolute atomic E-state index is 0.117. The fraction of sp³-hybridized carbons (Fsp3) is 0.353. The zero-order valence-electron chi connectivity index (χ0n) is 13.6. The van der Waals surface area contributed by atoms with Crippen molar-refractivity contribution in [1.82, 2.24) is 9.71 Å². The average molecular weight is 371 g/mol. The van der Waals surface area contributed by atoms with Crippen LogP contribution in [0.1, 0.15) is 39.3 Å². The first-order valence-electron chi connectivity index (χ1n) is 7.28. The number of benzene rings is 1. The Hall–Kier alpha value is -0.780. The van der Waals surface area contributed by atoms with Gasteiger partial charge in [0.05, 0.1) is 11.7 Å². The van der Waals surface area contributed by atoms with Gasteiger partial charge in [-0.2, -0.15) is 0 Å². The summed E-state index contributed by atoms with van der Waals surface area (Å²) in [5.41, 5.74) is 2.56. The predicted molar refractivity (Wildman–Crippen MR) is 99.1 cm³/mol. The van der Waals surface area contributed by atoms with E-state index in [9.17, 15) is 4.55 Å². The van der Waals surface area contributed by atoms with Gasteiger partial charge in [0.25, 0.3) is 0 Å². The van der Waals surface area contributed by atoms with E-state index in [1.54, 1.807) is 6.07 Å². The van der Waals surface area contributed by atoms with Crippen LogP contribution in [0.3, 0.4) is 0 Å². The smallest absolute Gasteiger partial charge is 0.136 e. The lowest BCUT2D eigenvalue weighted by atomic mass is 10.1. The summed E-state index contributed by atoms with van der Waals surface area (Å²) in [6.07, 6.45) is 0. The molecule has 23 heavy (non-hydrogen) atoms. The Labute approximate surface area is 150 Å². The van der Waals surface area contributed by atoms with Crippen LogP contribution in [0.4, 0.5) is 0 Å². The molecule has 0 spiro atoms. The number of nitrogens with zero attached hydrogens (tertiary/aromatic N) is 1. The summed E-state index contributed by atoms with van der Waals surface area (Å²) in [5, 5.41) is 1.04. The highest BCUT2D eigenvalue weighted by Gasteiger charge is 2.28.